The molecule has 1 aliphatic heterocycles. The van der Waals surface area contributed by atoms with E-state index in [0.717, 1.165) is 31.4 Å². The number of rotatable bonds is 3. The maximum Gasteiger partial charge on any atom is 0.249 e. The van der Waals surface area contributed by atoms with Gasteiger partial charge in [0.25, 0.3) is 0 Å². The third kappa shape index (κ3) is 3.06. The van der Waals surface area contributed by atoms with Crippen LogP contribution < -0.4 is 5.73 Å². The number of nitrogens with zero attached hydrogens (tertiary/aromatic N) is 1. The van der Waals surface area contributed by atoms with Gasteiger partial charge in [0.2, 0.25) is 5.91 Å². The summed E-state index contributed by atoms with van der Waals surface area (Å²) in [4.78, 5) is 14.0. The van der Waals surface area contributed by atoms with Crippen LogP contribution in [0.2, 0.25) is 0 Å². The lowest BCUT2D eigenvalue weighted by Crippen LogP contribution is -2.47. The van der Waals surface area contributed by atoms with Crippen LogP contribution >= 0.6 is 0 Å². The van der Waals surface area contributed by atoms with Gasteiger partial charge in [-0.3, -0.25) is 4.79 Å². The van der Waals surface area contributed by atoms with Crippen molar-refractivity contribution in [3.05, 3.63) is 11.6 Å². The van der Waals surface area contributed by atoms with E-state index in [9.17, 15) is 4.79 Å². The maximum atomic E-state index is 12.1. The van der Waals surface area contributed by atoms with Gasteiger partial charge in [0, 0.05) is 24.7 Å². The summed E-state index contributed by atoms with van der Waals surface area (Å²) in [7, 11) is 0. The minimum atomic E-state index is 0.173. The minimum Gasteiger partial charge on any atom is -0.335 e. The largest absolute Gasteiger partial charge is 0.335 e. The number of carbonyl (C=O) groups is 1. The Bertz CT molecular complexity index is 248. The number of hydrogen-bond donors (Lipinski definition) is 1. The highest BCUT2D eigenvalue weighted by atomic mass is 16.2. The van der Waals surface area contributed by atoms with Gasteiger partial charge in [0.1, 0.15) is 0 Å². The lowest BCUT2D eigenvalue weighted by atomic mass is 10.0. The van der Waals surface area contributed by atoms with Crippen molar-refractivity contribution in [1.82, 2.24) is 4.90 Å². The second kappa shape index (κ2) is 5.91. The molecule has 2 N–H and O–H groups in total. The van der Waals surface area contributed by atoms with Gasteiger partial charge in [-0.2, -0.15) is 0 Å². The first-order chi connectivity index (χ1) is 7.20. The third-order valence-corrected chi connectivity index (χ3v) is 3.01. The first-order valence-corrected chi connectivity index (χ1v) is 5.88. The molecule has 0 aromatic carbocycles. The number of likely N-dealkylation sites (tertiary alicyclic amines) is 1. The predicted molar refractivity (Wildman–Crippen MR) is 62.5 cm³/mol. The monoisotopic (exact) mass is 210 g/mol. The predicted octanol–water partition coefficient (Wildman–Crippen LogP) is 1.68. The molecule has 1 fully saturated rings. The van der Waals surface area contributed by atoms with Crippen molar-refractivity contribution in [3.8, 4) is 0 Å². The highest BCUT2D eigenvalue weighted by molar-refractivity contribution is 5.93. The van der Waals surface area contributed by atoms with E-state index >= 15 is 0 Å². The van der Waals surface area contributed by atoms with Crippen LogP contribution in [0.5, 0.6) is 0 Å². The minimum absolute atomic E-state index is 0.173. The van der Waals surface area contributed by atoms with Crippen molar-refractivity contribution in [2.24, 2.45) is 5.73 Å². The van der Waals surface area contributed by atoms with Crippen molar-refractivity contribution in [3.63, 3.8) is 0 Å². The summed E-state index contributed by atoms with van der Waals surface area (Å²) in [6.45, 7) is 5.40. The first-order valence-electron chi connectivity index (χ1n) is 5.88. The van der Waals surface area contributed by atoms with E-state index in [-0.39, 0.29) is 11.9 Å². The van der Waals surface area contributed by atoms with E-state index < -0.39 is 0 Å². The second-order valence-corrected chi connectivity index (χ2v) is 4.18. The Kier molecular flexibility index (Phi) is 4.82. The highest BCUT2D eigenvalue weighted by Crippen LogP contribution is 2.18. The topological polar surface area (TPSA) is 46.3 Å². The van der Waals surface area contributed by atoms with Crippen molar-refractivity contribution >= 4 is 5.91 Å². The standard InChI is InChI=1S/C12H22N2O/c1-3-6-10(2)12(15)14-8-5-4-7-11(14)9-13/h6,11H,3-5,7-9,13H2,1-2H3. The number of nitrogens with two attached hydrogens (primary N) is 1. The number of amides is 1. The molecule has 1 atom stereocenters. The normalized spacial score (nSPS) is 23.0. The zero-order valence-corrected chi connectivity index (χ0v) is 9.83. The molecule has 0 radical (unpaired) electrons. The quantitative estimate of drug-likeness (QED) is 0.720. The molecule has 86 valence electrons. The maximum absolute atomic E-state index is 12.1. The van der Waals surface area contributed by atoms with E-state index in [1.807, 2.05) is 24.8 Å². The molecule has 1 heterocycles. The van der Waals surface area contributed by atoms with Crippen LogP contribution in [0.3, 0.4) is 0 Å². The van der Waals surface area contributed by atoms with Crippen LogP contribution in [0.25, 0.3) is 0 Å². The van der Waals surface area contributed by atoms with E-state index in [2.05, 4.69) is 0 Å². The zero-order chi connectivity index (χ0) is 11.3. The number of allylic oxidation sites excluding steroid dienone is 1. The molecule has 0 aromatic heterocycles. The average molecular weight is 210 g/mol. The van der Waals surface area contributed by atoms with Gasteiger partial charge in [-0.05, 0) is 32.6 Å². The smallest absolute Gasteiger partial charge is 0.249 e. The van der Waals surface area contributed by atoms with Gasteiger partial charge in [-0.15, -0.1) is 0 Å². The SMILES string of the molecule is CCC=C(C)C(=O)N1CCCCC1CN. The number of carbonyl (C=O) groups excluding carboxylic acids is 1. The fraction of sp³-hybridized carbons (Fsp3) is 0.750. The molecule has 3 nitrogen and oxygen atoms in total. The molecule has 0 spiro atoms. The molecule has 1 unspecified atom stereocenters. The van der Waals surface area contributed by atoms with Crippen molar-refractivity contribution in [1.29, 1.82) is 0 Å². The van der Waals surface area contributed by atoms with Gasteiger partial charge in [-0.25, -0.2) is 0 Å². The van der Waals surface area contributed by atoms with Gasteiger partial charge < -0.3 is 10.6 Å². The molecular weight excluding hydrogens is 188 g/mol. The highest BCUT2D eigenvalue weighted by Gasteiger charge is 2.25. The average Bonchev–Trinajstić information content (AvgIpc) is 2.28. The summed E-state index contributed by atoms with van der Waals surface area (Å²) in [6.07, 6.45) is 6.27. The third-order valence-electron chi connectivity index (χ3n) is 3.01. The summed E-state index contributed by atoms with van der Waals surface area (Å²) < 4.78 is 0. The number of hydrogen-bond acceptors (Lipinski definition) is 2. The molecule has 0 aromatic rings. The summed E-state index contributed by atoms with van der Waals surface area (Å²) >= 11 is 0. The van der Waals surface area contributed by atoms with Crippen LogP contribution in [-0.4, -0.2) is 29.9 Å². The fourth-order valence-corrected chi connectivity index (χ4v) is 2.13. The van der Waals surface area contributed by atoms with Crippen molar-refractivity contribution in [2.75, 3.05) is 13.1 Å². The summed E-state index contributed by atoms with van der Waals surface area (Å²) in [5.41, 5.74) is 6.55. The molecule has 15 heavy (non-hydrogen) atoms. The lowest BCUT2D eigenvalue weighted by molar-refractivity contribution is -0.130. The molecule has 0 saturated carbocycles. The van der Waals surface area contributed by atoms with E-state index in [0.29, 0.717) is 6.54 Å². The van der Waals surface area contributed by atoms with Gasteiger partial charge in [0.05, 0.1) is 0 Å². The van der Waals surface area contributed by atoms with Crippen LogP contribution in [0.1, 0.15) is 39.5 Å². The zero-order valence-electron chi connectivity index (χ0n) is 9.83. The fourth-order valence-electron chi connectivity index (χ4n) is 2.13. The Labute approximate surface area is 92.3 Å². The molecule has 1 aliphatic rings. The first kappa shape index (κ1) is 12.2. The Hall–Kier alpha value is -0.830. The Morgan fingerprint density at radius 3 is 2.87 bits per heavy atom. The molecule has 0 bridgehead atoms. The Morgan fingerprint density at radius 1 is 1.53 bits per heavy atom. The van der Waals surface area contributed by atoms with E-state index in [1.165, 1.54) is 6.42 Å². The number of piperidine rings is 1. The Morgan fingerprint density at radius 2 is 2.27 bits per heavy atom. The van der Waals surface area contributed by atoms with Crippen molar-refractivity contribution in [2.45, 2.75) is 45.6 Å². The lowest BCUT2D eigenvalue weighted by Gasteiger charge is -2.35. The van der Waals surface area contributed by atoms with Gasteiger partial charge >= 0.3 is 0 Å². The molecule has 1 rings (SSSR count). The van der Waals surface area contributed by atoms with Crippen LogP contribution in [0.4, 0.5) is 0 Å². The van der Waals surface area contributed by atoms with Crippen LogP contribution in [-0.2, 0) is 4.79 Å². The summed E-state index contributed by atoms with van der Waals surface area (Å²) in [5.74, 6) is 0.173. The van der Waals surface area contributed by atoms with Gasteiger partial charge in [-0.1, -0.05) is 13.0 Å². The van der Waals surface area contributed by atoms with Crippen molar-refractivity contribution < 1.29 is 4.79 Å². The van der Waals surface area contributed by atoms with E-state index in [1.54, 1.807) is 0 Å². The molecule has 1 saturated heterocycles. The molecule has 3 heteroatoms. The van der Waals surface area contributed by atoms with E-state index in [4.69, 9.17) is 5.73 Å². The second-order valence-electron chi connectivity index (χ2n) is 4.18. The van der Waals surface area contributed by atoms with Crippen LogP contribution in [0.15, 0.2) is 11.6 Å². The molecule has 0 aliphatic carbocycles. The summed E-state index contributed by atoms with van der Waals surface area (Å²) in [5, 5.41) is 0. The molecule has 1 amide bonds. The van der Waals surface area contributed by atoms with Gasteiger partial charge in [0.15, 0.2) is 0 Å². The van der Waals surface area contributed by atoms with Crippen LogP contribution in [0, 0.1) is 0 Å². The Balaban J connectivity index is 2.67. The summed E-state index contributed by atoms with van der Waals surface area (Å²) in [6, 6.07) is 0.256. The molecular formula is C12H22N2O.